The molecule has 232 valence electrons. The Kier molecular flexibility index (Phi) is 10.5. The summed E-state index contributed by atoms with van der Waals surface area (Å²) in [6.45, 7) is 5.96. The number of thiazole rings is 1. The molecule has 0 saturated heterocycles. The first kappa shape index (κ1) is 33.0. The van der Waals surface area contributed by atoms with Gasteiger partial charge in [0.25, 0.3) is 5.56 Å². The van der Waals surface area contributed by atoms with Gasteiger partial charge in [-0.15, -0.1) is 0 Å². The highest BCUT2D eigenvalue weighted by atomic mass is 127. The van der Waals surface area contributed by atoms with Crippen LogP contribution in [0.4, 0.5) is 4.39 Å². The highest BCUT2D eigenvalue weighted by Gasteiger charge is 2.33. The van der Waals surface area contributed by atoms with Crippen LogP contribution in [0.25, 0.3) is 6.08 Å². The third-order valence-electron chi connectivity index (χ3n) is 6.87. The van der Waals surface area contributed by atoms with E-state index >= 15 is 0 Å². The van der Waals surface area contributed by atoms with Gasteiger partial charge in [0.2, 0.25) is 0 Å². The monoisotopic (exact) mass is 852 g/mol. The van der Waals surface area contributed by atoms with E-state index in [0.717, 1.165) is 18.3 Å². The van der Waals surface area contributed by atoms with E-state index in [2.05, 4.69) is 50.2 Å². The molecule has 5 rings (SSSR count). The molecule has 45 heavy (non-hydrogen) atoms. The first-order valence-corrected chi connectivity index (χ1v) is 16.9. The van der Waals surface area contributed by atoms with Gasteiger partial charge in [-0.2, -0.15) is 0 Å². The SMILES string of the molecule is CCOC(=O)C1=C(C)N=c2s/c(=C\c3cc(I)c(OCc4ccc(C(=O)OCC)cc4)c(I)c3)c(=O)n2[C@@H]1c1ccc(F)cc1. The number of aromatic nitrogens is 1. The van der Waals surface area contributed by atoms with Crippen LogP contribution in [0.5, 0.6) is 5.75 Å². The lowest BCUT2D eigenvalue weighted by molar-refractivity contribution is -0.139. The summed E-state index contributed by atoms with van der Waals surface area (Å²) in [5, 5.41) is 0. The number of nitrogens with zero attached hydrogens (tertiary/aromatic N) is 2. The Bertz CT molecular complexity index is 1960. The van der Waals surface area contributed by atoms with Gasteiger partial charge in [0, 0.05) is 0 Å². The minimum absolute atomic E-state index is 0.162. The molecular weight excluding hydrogens is 825 g/mol. The Morgan fingerprint density at radius 2 is 1.60 bits per heavy atom. The van der Waals surface area contributed by atoms with Crippen LogP contribution in [0.15, 0.2) is 81.7 Å². The zero-order chi connectivity index (χ0) is 32.2. The van der Waals surface area contributed by atoms with Gasteiger partial charge in [-0.25, -0.2) is 19.0 Å². The van der Waals surface area contributed by atoms with Crippen LogP contribution in [-0.4, -0.2) is 29.7 Å². The predicted octanol–water partition coefficient (Wildman–Crippen LogP) is 5.90. The standard InChI is InChI=1S/C33H27FI2N2O6S/c1-4-42-31(40)22-8-6-19(7-9-22)17-44-29-24(35)14-20(15-25(29)36)16-26-30(39)38-28(21-10-12-23(34)13-11-21)27(32(41)43-5-2)18(3)37-33(38)45-26/h6-16,28H,4-5,17H2,1-3H3/b26-16-/t28-/m1/s1. The molecule has 0 N–H and O–H groups in total. The van der Waals surface area contributed by atoms with Gasteiger partial charge in [-0.3, -0.25) is 9.36 Å². The number of hydrogen-bond donors (Lipinski definition) is 0. The lowest BCUT2D eigenvalue weighted by Gasteiger charge is -2.24. The lowest BCUT2D eigenvalue weighted by atomic mass is 9.96. The maximum Gasteiger partial charge on any atom is 0.338 e. The van der Waals surface area contributed by atoms with Crippen molar-refractivity contribution in [1.29, 1.82) is 0 Å². The molecule has 0 amide bonds. The number of halogens is 3. The number of carbonyl (C=O) groups excluding carboxylic acids is 2. The molecule has 3 aromatic carbocycles. The summed E-state index contributed by atoms with van der Waals surface area (Å²) in [5.74, 6) is -0.655. The Labute approximate surface area is 289 Å². The van der Waals surface area contributed by atoms with Gasteiger partial charge in [-0.05, 0) is 125 Å². The molecular formula is C33H27FI2N2O6S. The van der Waals surface area contributed by atoms with Crippen molar-refractivity contribution >= 4 is 74.5 Å². The molecule has 1 aromatic heterocycles. The summed E-state index contributed by atoms with van der Waals surface area (Å²) < 4.78 is 33.9. The van der Waals surface area contributed by atoms with E-state index in [1.165, 1.54) is 28.0 Å². The van der Waals surface area contributed by atoms with E-state index in [1.54, 1.807) is 51.1 Å². The fourth-order valence-electron chi connectivity index (χ4n) is 4.81. The largest absolute Gasteiger partial charge is 0.487 e. The molecule has 8 nitrogen and oxygen atoms in total. The third-order valence-corrected chi connectivity index (χ3v) is 9.45. The summed E-state index contributed by atoms with van der Waals surface area (Å²) in [5.41, 5.74) is 3.10. The van der Waals surface area contributed by atoms with E-state index in [0.29, 0.717) is 45.1 Å². The van der Waals surface area contributed by atoms with Gasteiger partial charge < -0.3 is 14.2 Å². The number of allylic oxidation sites excluding steroid dienone is 1. The van der Waals surface area contributed by atoms with Crippen molar-refractivity contribution in [1.82, 2.24) is 4.57 Å². The summed E-state index contributed by atoms with van der Waals surface area (Å²) in [4.78, 5) is 43.9. The number of rotatable bonds is 9. The van der Waals surface area contributed by atoms with E-state index in [4.69, 9.17) is 14.2 Å². The molecule has 0 unspecified atom stereocenters. The Balaban J connectivity index is 1.46. The zero-order valence-corrected chi connectivity index (χ0v) is 29.6. The molecule has 0 bridgehead atoms. The second kappa shape index (κ2) is 14.4. The number of hydrogen-bond acceptors (Lipinski definition) is 8. The molecule has 0 spiro atoms. The van der Waals surface area contributed by atoms with Crippen LogP contribution >= 0.6 is 56.5 Å². The fraction of sp³-hybridized carbons (Fsp3) is 0.212. The van der Waals surface area contributed by atoms with Gasteiger partial charge in [0.1, 0.15) is 18.2 Å². The minimum Gasteiger partial charge on any atom is -0.487 e. The molecule has 1 atom stereocenters. The highest BCUT2D eigenvalue weighted by molar-refractivity contribution is 14.1. The summed E-state index contributed by atoms with van der Waals surface area (Å²) in [6.07, 6.45) is 1.79. The van der Waals surface area contributed by atoms with Crippen LogP contribution < -0.4 is 19.6 Å². The van der Waals surface area contributed by atoms with Crippen molar-refractivity contribution in [3.8, 4) is 5.75 Å². The molecule has 4 aromatic rings. The van der Waals surface area contributed by atoms with Crippen LogP contribution in [0, 0.1) is 13.0 Å². The van der Waals surface area contributed by atoms with Crippen molar-refractivity contribution in [3.63, 3.8) is 0 Å². The topological polar surface area (TPSA) is 96.2 Å². The second-order valence-corrected chi connectivity index (χ2v) is 13.2. The molecule has 1 aliphatic heterocycles. The van der Waals surface area contributed by atoms with E-state index in [9.17, 15) is 18.8 Å². The lowest BCUT2D eigenvalue weighted by Crippen LogP contribution is -2.39. The molecule has 12 heteroatoms. The smallest absolute Gasteiger partial charge is 0.338 e. The molecule has 0 saturated carbocycles. The quantitative estimate of drug-likeness (QED) is 0.154. The summed E-state index contributed by atoms with van der Waals surface area (Å²) in [6, 6.07) is 15.8. The number of esters is 2. The van der Waals surface area contributed by atoms with E-state index in [1.807, 2.05) is 24.3 Å². The van der Waals surface area contributed by atoms with Crippen molar-refractivity contribution in [2.24, 2.45) is 4.99 Å². The molecule has 0 aliphatic carbocycles. The molecule has 0 fully saturated rings. The van der Waals surface area contributed by atoms with Crippen LogP contribution in [0.1, 0.15) is 53.9 Å². The maximum atomic E-state index is 13.9. The van der Waals surface area contributed by atoms with Gasteiger partial charge >= 0.3 is 11.9 Å². The van der Waals surface area contributed by atoms with Crippen molar-refractivity contribution in [3.05, 3.63) is 127 Å². The van der Waals surface area contributed by atoms with Crippen LogP contribution in [0.3, 0.4) is 0 Å². The van der Waals surface area contributed by atoms with Gasteiger partial charge in [0.15, 0.2) is 4.80 Å². The Morgan fingerprint density at radius 1 is 0.978 bits per heavy atom. The zero-order valence-electron chi connectivity index (χ0n) is 24.4. The first-order valence-electron chi connectivity index (χ1n) is 13.9. The maximum absolute atomic E-state index is 13.9. The average Bonchev–Trinajstić information content (AvgIpc) is 3.30. The average molecular weight is 852 g/mol. The number of benzene rings is 3. The summed E-state index contributed by atoms with van der Waals surface area (Å²) in [7, 11) is 0. The van der Waals surface area contributed by atoms with Crippen molar-refractivity contribution in [2.75, 3.05) is 13.2 Å². The normalized spacial score (nSPS) is 14.5. The van der Waals surface area contributed by atoms with E-state index in [-0.39, 0.29) is 23.7 Å². The Morgan fingerprint density at radius 3 is 2.22 bits per heavy atom. The second-order valence-electron chi connectivity index (χ2n) is 9.87. The van der Waals surface area contributed by atoms with Crippen LogP contribution in [0.2, 0.25) is 0 Å². The van der Waals surface area contributed by atoms with Crippen molar-refractivity contribution in [2.45, 2.75) is 33.4 Å². The first-order chi connectivity index (χ1) is 21.6. The summed E-state index contributed by atoms with van der Waals surface area (Å²) >= 11 is 5.62. The predicted molar refractivity (Wildman–Crippen MR) is 185 cm³/mol. The number of carbonyl (C=O) groups is 2. The van der Waals surface area contributed by atoms with E-state index < -0.39 is 17.8 Å². The fourth-order valence-corrected chi connectivity index (χ4v) is 7.99. The van der Waals surface area contributed by atoms with Gasteiger partial charge in [0.05, 0.1) is 47.8 Å². The number of ether oxygens (including phenoxy) is 3. The Hall–Kier alpha value is -3.37. The minimum atomic E-state index is -0.814. The molecule has 1 aliphatic rings. The van der Waals surface area contributed by atoms with Crippen molar-refractivity contribution < 1.29 is 28.2 Å². The third kappa shape index (κ3) is 7.22. The van der Waals surface area contributed by atoms with Gasteiger partial charge in [-0.1, -0.05) is 35.6 Å². The van der Waals surface area contributed by atoms with Crippen LogP contribution in [-0.2, 0) is 20.9 Å². The highest BCUT2D eigenvalue weighted by Crippen LogP contribution is 2.32. The number of fused-ring (bicyclic) bond motifs is 1. The molecule has 0 radical (unpaired) electrons. The molecule has 2 heterocycles.